The van der Waals surface area contributed by atoms with Crippen LogP contribution in [-0.4, -0.2) is 70.4 Å². The lowest BCUT2D eigenvalue weighted by molar-refractivity contribution is 0.0729. The number of nitrogens with one attached hydrogen (secondary N) is 1. The molecule has 1 aliphatic rings. The SMILES string of the molecule is Cc1csc([C@H]2CCCN2C(=O)c2cc(-c3nnc([C@@](C)(Cc4ccccc4)NC(=O)O)o3)cc(N(C)S(C)(=O)=O)n2)n1. The third kappa shape index (κ3) is 6.51. The van der Waals surface area contributed by atoms with E-state index in [4.69, 9.17) is 4.42 Å². The molecule has 2 N–H and O–H groups in total. The van der Waals surface area contributed by atoms with Crippen LogP contribution in [0.3, 0.4) is 0 Å². The Kier molecular flexibility index (Phi) is 8.21. The second kappa shape index (κ2) is 11.7. The number of carbonyl (C=O) groups is 2. The van der Waals surface area contributed by atoms with Crippen molar-refractivity contribution < 1.29 is 27.5 Å². The molecule has 4 aromatic rings. The molecule has 226 valence electrons. The zero-order valence-electron chi connectivity index (χ0n) is 24.0. The molecule has 1 aliphatic heterocycles. The molecule has 1 aromatic carbocycles. The predicted octanol–water partition coefficient (Wildman–Crippen LogP) is 4.00. The van der Waals surface area contributed by atoms with Gasteiger partial charge in [0.2, 0.25) is 21.8 Å². The number of thiazole rings is 1. The van der Waals surface area contributed by atoms with Gasteiger partial charge in [-0.15, -0.1) is 21.5 Å². The van der Waals surface area contributed by atoms with Gasteiger partial charge in [-0.2, -0.15) is 0 Å². The van der Waals surface area contributed by atoms with Crippen molar-refractivity contribution in [2.24, 2.45) is 0 Å². The lowest BCUT2D eigenvalue weighted by Gasteiger charge is -2.25. The molecule has 4 heterocycles. The smallest absolute Gasteiger partial charge is 0.405 e. The zero-order valence-corrected chi connectivity index (χ0v) is 25.6. The van der Waals surface area contributed by atoms with E-state index < -0.39 is 21.7 Å². The van der Waals surface area contributed by atoms with Crippen LogP contribution in [0.4, 0.5) is 10.6 Å². The molecule has 0 aliphatic carbocycles. The summed E-state index contributed by atoms with van der Waals surface area (Å²) in [5.41, 5.74) is 0.674. The number of hydrogen-bond donors (Lipinski definition) is 2. The number of pyridine rings is 1. The van der Waals surface area contributed by atoms with Gasteiger partial charge in [0, 0.05) is 36.7 Å². The highest BCUT2D eigenvalue weighted by atomic mass is 32.2. The van der Waals surface area contributed by atoms with E-state index in [2.05, 4.69) is 25.5 Å². The van der Waals surface area contributed by atoms with Gasteiger partial charge in [-0.05, 0) is 44.4 Å². The molecule has 1 saturated heterocycles. The van der Waals surface area contributed by atoms with Gasteiger partial charge in [0.1, 0.15) is 22.1 Å². The van der Waals surface area contributed by atoms with Crippen molar-refractivity contribution in [3.63, 3.8) is 0 Å². The molecular formula is C28H31N7O6S2. The van der Waals surface area contributed by atoms with E-state index in [0.717, 1.165) is 39.7 Å². The third-order valence-electron chi connectivity index (χ3n) is 7.21. The number of rotatable bonds is 9. The number of amides is 2. The summed E-state index contributed by atoms with van der Waals surface area (Å²) < 4.78 is 31.8. The number of aryl methyl sites for hydroxylation is 1. The van der Waals surface area contributed by atoms with Gasteiger partial charge in [0.15, 0.2) is 0 Å². The first-order chi connectivity index (χ1) is 20.3. The average molecular weight is 626 g/mol. The fraction of sp³-hybridized carbons (Fsp3) is 0.357. The van der Waals surface area contributed by atoms with Crippen molar-refractivity contribution >= 4 is 39.2 Å². The second-order valence-electron chi connectivity index (χ2n) is 10.7. The fourth-order valence-electron chi connectivity index (χ4n) is 5.00. The van der Waals surface area contributed by atoms with Crippen LogP contribution in [-0.2, 0) is 22.0 Å². The van der Waals surface area contributed by atoms with Gasteiger partial charge in [0.05, 0.1) is 12.3 Å². The fourth-order valence-corrected chi connectivity index (χ4v) is 6.37. The number of carboxylic acid groups (broad SMARTS) is 1. The topological polar surface area (TPSA) is 172 Å². The highest BCUT2D eigenvalue weighted by Crippen LogP contribution is 2.36. The molecule has 43 heavy (non-hydrogen) atoms. The number of aromatic nitrogens is 4. The maximum Gasteiger partial charge on any atom is 0.405 e. The molecule has 2 amide bonds. The number of sulfonamides is 1. The predicted molar refractivity (Wildman–Crippen MR) is 159 cm³/mol. The number of carbonyl (C=O) groups excluding carboxylic acids is 1. The van der Waals surface area contributed by atoms with Crippen LogP contribution in [0.25, 0.3) is 11.5 Å². The minimum Gasteiger partial charge on any atom is -0.465 e. The van der Waals surface area contributed by atoms with Crippen LogP contribution < -0.4 is 9.62 Å². The number of nitrogens with zero attached hydrogens (tertiary/aromatic N) is 6. The molecule has 1 fully saturated rings. The number of benzene rings is 1. The first-order valence-electron chi connectivity index (χ1n) is 13.4. The van der Waals surface area contributed by atoms with Crippen LogP contribution in [0.5, 0.6) is 0 Å². The van der Waals surface area contributed by atoms with E-state index in [0.29, 0.717) is 6.54 Å². The van der Waals surface area contributed by atoms with E-state index in [9.17, 15) is 23.1 Å². The summed E-state index contributed by atoms with van der Waals surface area (Å²) in [7, 11) is -2.40. The van der Waals surface area contributed by atoms with Gasteiger partial charge in [0.25, 0.3) is 5.91 Å². The van der Waals surface area contributed by atoms with Gasteiger partial charge in [-0.25, -0.2) is 23.2 Å². The molecule has 2 atom stereocenters. The van der Waals surface area contributed by atoms with E-state index >= 15 is 0 Å². The molecule has 0 bridgehead atoms. The Morgan fingerprint density at radius 1 is 1.21 bits per heavy atom. The van der Waals surface area contributed by atoms with Crippen molar-refractivity contribution in [3.05, 3.63) is 75.7 Å². The highest BCUT2D eigenvalue weighted by molar-refractivity contribution is 7.92. The number of likely N-dealkylation sites (tertiary alicyclic amines) is 1. The summed E-state index contributed by atoms with van der Waals surface area (Å²) in [5.74, 6) is -0.439. The van der Waals surface area contributed by atoms with Gasteiger partial charge in [-0.3, -0.25) is 9.10 Å². The first-order valence-corrected chi connectivity index (χ1v) is 16.2. The zero-order chi connectivity index (χ0) is 30.9. The van der Waals surface area contributed by atoms with E-state index in [-0.39, 0.29) is 47.2 Å². The average Bonchev–Trinajstić information content (AvgIpc) is 3.72. The third-order valence-corrected chi connectivity index (χ3v) is 9.46. The molecule has 5 rings (SSSR count). The molecule has 0 radical (unpaired) electrons. The molecule has 3 aromatic heterocycles. The maximum atomic E-state index is 13.9. The van der Waals surface area contributed by atoms with Crippen molar-refractivity contribution in [1.29, 1.82) is 0 Å². The van der Waals surface area contributed by atoms with E-state index in [1.807, 2.05) is 42.6 Å². The molecule has 13 nitrogen and oxygen atoms in total. The Morgan fingerprint density at radius 2 is 1.95 bits per heavy atom. The first kappa shape index (κ1) is 30.1. The minimum absolute atomic E-state index is 0.00126. The van der Waals surface area contributed by atoms with Crippen LogP contribution in [0, 0.1) is 6.92 Å². The lowest BCUT2D eigenvalue weighted by atomic mass is 9.93. The van der Waals surface area contributed by atoms with Crippen molar-refractivity contribution in [2.75, 3.05) is 24.2 Å². The normalized spacial score (nSPS) is 16.6. The van der Waals surface area contributed by atoms with Gasteiger partial charge < -0.3 is 19.7 Å². The van der Waals surface area contributed by atoms with E-state index in [1.54, 1.807) is 11.8 Å². The monoisotopic (exact) mass is 625 g/mol. The summed E-state index contributed by atoms with van der Waals surface area (Å²) in [6.07, 6.45) is 1.51. The van der Waals surface area contributed by atoms with Crippen molar-refractivity contribution in [2.45, 2.75) is 44.7 Å². The second-order valence-corrected chi connectivity index (χ2v) is 13.6. The highest BCUT2D eigenvalue weighted by Gasteiger charge is 2.36. The summed E-state index contributed by atoms with van der Waals surface area (Å²) in [6.45, 7) is 4.02. The summed E-state index contributed by atoms with van der Waals surface area (Å²) in [5, 5.41) is 23.1. The molecule has 0 spiro atoms. The Hall–Kier alpha value is -4.37. The van der Waals surface area contributed by atoms with Crippen molar-refractivity contribution in [1.82, 2.24) is 30.4 Å². The van der Waals surface area contributed by atoms with Crippen LogP contribution in [0.1, 0.15) is 58.5 Å². The Morgan fingerprint density at radius 3 is 2.60 bits per heavy atom. The minimum atomic E-state index is -3.74. The quantitative estimate of drug-likeness (QED) is 0.277. The Labute approximate surface area is 252 Å². The van der Waals surface area contributed by atoms with Crippen molar-refractivity contribution in [3.8, 4) is 11.5 Å². The molecule has 0 saturated carbocycles. The lowest BCUT2D eigenvalue weighted by Crippen LogP contribution is -2.44. The van der Waals surface area contributed by atoms with Crippen LogP contribution >= 0.6 is 11.3 Å². The van der Waals surface area contributed by atoms with E-state index in [1.165, 1.54) is 30.5 Å². The molecule has 0 unspecified atom stereocenters. The Bertz CT molecular complexity index is 1760. The summed E-state index contributed by atoms with van der Waals surface area (Å²) in [4.78, 5) is 36.3. The standard InChI is InChI=1S/C28H31N7O6S2/c1-17-16-42-24(29-17)21-11-8-12-35(21)25(36)20-13-19(14-22(30-20)34(3)43(4,39)40)23-32-33-26(41-23)28(2,31-27(37)38)15-18-9-6-5-7-10-18/h5-7,9-10,13-14,16,21,31H,8,11-12,15H2,1-4H3,(H,37,38)/t21-,28-/m1/s1. The molecular weight excluding hydrogens is 594 g/mol. The van der Waals surface area contributed by atoms with Crippen LogP contribution in [0.15, 0.2) is 52.3 Å². The maximum absolute atomic E-state index is 13.9. The molecule has 15 heteroatoms. The van der Waals surface area contributed by atoms with Gasteiger partial charge >= 0.3 is 6.09 Å². The Balaban J connectivity index is 1.55. The number of hydrogen-bond acceptors (Lipinski definition) is 10. The van der Waals surface area contributed by atoms with Crippen LogP contribution in [0.2, 0.25) is 0 Å². The summed E-state index contributed by atoms with van der Waals surface area (Å²) >= 11 is 1.49. The summed E-state index contributed by atoms with van der Waals surface area (Å²) in [6, 6.07) is 11.9. The largest absolute Gasteiger partial charge is 0.465 e. The number of anilines is 1. The van der Waals surface area contributed by atoms with Gasteiger partial charge in [-0.1, -0.05) is 30.3 Å².